The van der Waals surface area contributed by atoms with Crippen LogP contribution in [0.25, 0.3) is 10.9 Å². The summed E-state index contributed by atoms with van der Waals surface area (Å²) in [5, 5.41) is 0.808. The molecule has 2 saturated heterocycles. The van der Waals surface area contributed by atoms with Gasteiger partial charge in [0.05, 0.1) is 4.90 Å². The molecule has 0 aliphatic carbocycles. The molecule has 2 unspecified atom stereocenters. The Hall–Kier alpha value is -1.94. The number of amides is 1. The summed E-state index contributed by atoms with van der Waals surface area (Å²) in [6.45, 7) is 16.3. The van der Waals surface area contributed by atoms with Crippen molar-refractivity contribution in [2.75, 3.05) is 66.0 Å². The van der Waals surface area contributed by atoms with Gasteiger partial charge in [-0.1, -0.05) is 13.8 Å². The van der Waals surface area contributed by atoms with Crippen molar-refractivity contribution in [3.63, 3.8) is 0 Å². The highest BCUT2D eigenvalue weighted by atomic mass is 32.2. The standard InChI is InChI=1S/C27H43N5O3S/c1-6-30(7-2)27(33)26-18-23-17-24(36(34,35)31-19-21(3)16-22(4)20-31)8-9-25(23)32(26)15-14-29-12-10-28(5)11-13-29/h8-9,17-18,21-22H,6-7,10-16,19-20H2,1-5H3. The van der Waals surface area contributed by atoms with Crippen molar-refractivity contribution < 1.29 is 13.2 Å². The monoisotopic (exact) mass is 517 g/mol. The molecule has 3 heterocycles. The van der Waals surface area contributed by atoms with Crippen LogP contribution >= 0.6 is 0 Å². The molecule has 0 spiro atoms. The third kappa shape index (κ3) is 5.64. The van der Waals surface area contributed by atoms with Crippen molar-refractivity contribution in [2.45, 2.75) is 45.6 Å². The van der Waals surface area contributed by atoms with Gasteiger partial charge in [-0.2, -0.15) is 4.31 Å². The number of hydrogen-bond donors (Lipinski definition) is 0. The zero-order valence-electron chi connectivity index (χ0n) is 22.6. The molecule has 0 N–H and O–H groups in total. The van der Waals surface area contributed by atoms with Crippen molar-refractivity contribution >= 4 is 26.8 Å². The normalized spacial score (nSPS) is 22.8. The number of fused-ring (bicyclic) bond motifs is 1. The van der Waals surface area contributed by atoms with E-state index in [2.05, 4.69) is 35.3 Å². The number of aromatic nitrogens is 1. The molecule has 2 aliphatic rings. The number of piperazine rings is 1. The van der Waals surface area contributed by atoms with Crippen LogP contribution in [0.4, 0.5) is 0 Å². The molecule has 36 heavy (non-hydrogen) atoms. The number of likely N-dealkylation sites (N-methyl/N-ethyl adjacent to an activating group) is 1. The zero-order valence-corrected chi connectivity index (χ0v) is 23.4. The Morgan fingerprint density at radius 2 is 1.61 bits per heavy atom. The Morgan fingerprint density at radius 1 is 0.972 bits per heavy atom. The summed E-state index contributed by atoms with van der Waals surface area (Å²) in [5.41, 5.74) is 1.55. The van der Waals surface area contributed by atoms with Crippen LogP contribution < -0.4 is 0 Å². The van der Waals surface area contributed by atoms with Gasteiger partial charge in [-0.05, 0) is 63.4 Å². The van der Waals surface area contributed by atoms with Crippen molar-refractivity contribution in [3.05, 3.63) is 30.0 Å². The number of carbonyl (C=O) groups excluding carboxylic acids is 1. The summed E-state index contributed by atoms with van der Waals surface area (Å²) in [6, 6.07) is 7.27. The van der Waals surface area contributed by atoms with E-state index in [-0.39, 0.29) is 5.91 Å². The highest BCUT2D eigenvalue weighted by Crippen LogP contribution is 2.30. The molecule has 2 aromatic rings. The summed E-state index contributed by atoms with van der Waals surface area (Å²) in [5.74, 6) is 0.695. The van der Waals surface area contributed by atoms with E-state index in [1.54, 1.807) is 16.4 Å². The van der Waals surface area contributed by atoms with E-state index in [0.717, 1.165) is 50.0 Å². The van der Waals surface area contributed by atoms with Crippen molar-refractivity contribution in [2.24, 2.45) is 11.8 Å². The molecule has 2 aliphatic heterocycles. The molecular weight excluding hydrogens is 474 g/mol. The SMILES string of the molecule is CCN(CC)C(=O)c1cc2cc(S(=O)(=O)N3CC(C)CC(C)C3)ccc2n1CCN1CCN(C)CC1. The van der Waals surface area contributed by atoms with Gasteiger partial charge in [-0.25, -0.2) is 8.42 Å². The Morgan fingerprint density at radius 3 is 2.22 bits per heavy atom. The lowest BCUT2D eigenvalue weighted by molar-refractivity contribution is 0.0761. The van der Waals surface area contributed by atoms with Crippen LogP contribution in [0.1, 0.15) is 44.6 Å². The molecule has 0 bridgehead atoms. The molecule has 0 saturated carbocycles. The fourth-order valence-electron chi connectivity index (χ4n) is 5.76. The number of rotatable bonds is 8. The minimum Gasteiger partial charge on any atom is -0.338 e. The van der Waals surface area contributed by atoms with Crippen LogP contribution in [-0.4, -0.2) is 104 Å². The second-order valence-corrected chi connectivity index (χ2v) is 12.7. The van der Waals surface area contributed by atoms with Crippen molar-refractivity contribution in [1.82, 2.24) is 23.6 Å². The van der Waals surface area contributed by atoms with Gasteiger partial charge in [-0.3, -0.25) is 9.69 Å². The largest absolute Gasteiger partial charge is 0.338 e. The summed E-state index contributed by atoms with van der Waals surface area (Å²) in [6.07, 6.45) is 1.05. The lowest BCUT2D eigenvalue weighted by Gasteiger charge is -2.34. The van der Waals surface area contributed by atoms with Gasteiger partial charge in [0.2, 0.25) is 10.0 Å². The molecule has 0 radical (unpaired) electrons. The van der Waals surface area contributed by atoms with Crippen LogP contribution in [0.3, 0.4) is 0 Å². The third-order valence-corrected chi connectivity index (χ3v) is 9.68. The highest BCUT2D eigenvalue weighted by Gasteiger charge is 2.32. The Balaban J connectivity index is 1.68. The molecule has 2 atom stereocenters. The molecule has 1 aromatic carbocycles. The average Bonchev–Trinajstić information content (AvgIpc) is 3.21. The molecule has 1 amide bonds. The van der Waals surface area contributed by atoms with Crippen LogP contribution in [0.15, 0.2) is 29.2 Å². The Labute approximate surface area is 216 Å². The molecule has 9 heteroatoms. The molecule has 8 nitrogen and oxygen atoms in total. The smallest absolute Gasteiger partial charge is 0.270 e. The Bertz CT molecular complexity index is 1160. The fourth-order valence-corrected chi connectivity index (χ4v) is 7.48. The summed E-state index contributed by atoms with van der Waals surface area (Å²) in [4.78, 5) is 20.4. The first-order valence-electron chi connectivity index (χ1n) is 13.5. The molecular formula is C27H43N5O3S. The lowest BCUT2D eigenvalue weighted by Crippen LogP contribution is -2.45. The van der Waals surface area contributed by atoms with Crippen LogP contribution in [0, 0.1) is 11.8 Å². The van der Waals surface area contributed by atoms with Gasteiger partial charge in [0.25, 0.3) is 5.91 Å². The quantitative estimate of drug-likeness (QED) is 0.539. The number of piperidine rings is 1. The molecule has 200 valence electrons. The number of benzene rings is 1. The second-order valence-electron chi connectivity index (χ2n) is 10.8. The van der Waals surface area contributed by atoms with Crippen molar-refractivity contribution in [3.8, 4) is 0 Å². The van der Waals surface area contributed by atoms with Gasteiger partial charge in [0.15, 0.2) is 0 Å². The summed E-state index contributed by atoms with van der Waals surface area (Å²) in [7, 11) is -1.44. The van der Waals surface area contributed by atoms with Gasteiger partial charge in [0, 0.05) is 76.4 Å². The van der Waals surface area contributed by atoms with Crippen LogP contribution in [0.5, 0.6) is 0 Å². The third-order valence-electron chi connectivity index (χ3n) is 7.85. The minimum absolute atomic E-state index is 0.00216. The molecule has 1 aromatic heterocycles. The average molecular weight is 518 g/mol. The zero-order chi connectivity index (χ0) is 26.0. The second kappa shape index (κ2) is 11.2. The number of nitrogens with zero attached hydrogens (tertiary/aromatic N) is 5. The first-order valence-corrected chi connectivity index (χ1v) is 14.9. The molecule has 4 rings (SSSR count). The summed E-state index contributed by atoms with van der Waals surface area (Å²) < 4.78 is 30.8. The highest BCUT2D eigenvalue weighted by molar-refractivity contribution is 7.89. The van der Waals surface area contributed by atoms with Gasteiger partial charge < -0.3 is 14.4 Å². The van der Waals surface area contributed by atoms with E-state index in [1.165, 1.54) is 0 Å². The predicted octanol–water partition coefficient (Wildman–Crippen LogP) is 3.04. The number of sulfonamides is 1. The number of carbonyl (C=O) groups is 1. The van der Waals surface area contributed by atoms with Crippen molar-refractivity contribution in [1.29, 1.82) is 0 Å². The van der Waals surface area contributed by atoms with Gasteiger partial charge in [0.1, 0.15) is 5.69 Å². The molecule has 2 fully saturated rings. The predicted molar refractivity (Wildman–Crippen MR) is 145 cm³/mol. The first-order chi connectivity index (χ1) is 17.1. The van der Waals surface area contributed by atoms with Gasteiger partial charge >= 0.3 is 0 Å². The summed E-state index contributed by atoms with van der Waals surface area (Å²) >= 11 is 0. The van der Waals surface area contributed by atoms with E-state index in [0.29, 0.717) is 55.1 Å². The number of hydrogen-bond acceptors (Lipinski definition) is 5. The van der Waals surface area contributed by atoms with Crippen LogP contribution in [0.2, 0.25) is 0 Å². The lowest BCUT2D eigenvalue weighted by atomic mass is 9.94. The first kappa shape index (κ1) is 27.1. The van der Waals surface area contributed by atoms with E-state index < -0.39 is 10.0 Å². The maximum Gasteiger partial charge on any atom is 0.270 e. The maximum atomic E-state index is 13.5. The van der Waals surface area contributed by atoms with E-state index >= 15 is 0 Å². The van der Waals surface area contributed by atoms with E-state index in [9.17, 15) is 13.2 Å². The fraction of sp³-hybridized carbons (Fsp3) is 0.667. The van der Waals surface area contributed by atoms with E-state index in [4.69, 9.17) is 0 Å². The maximum absolute atomic E-state index is 13.5. The Kier molecular flexibility index (Phi) is 8.44. The van der Waals surface area contributed by atoms with Gasteiger partial charge in [-0.15, -0.1) is 0 Å². The van der Waals surface area contributed by atoms with E-state index in [1.807, 2.05) is 30.9 Å². The minimum atomic E-state index is -3.59. The topological polar surface area (TPSA) is 69.1 Å². The van der Waals surface area contributed by atoms with Crippen LogP contribution in [-0.2, 0) is 16.6 Å².